The number of amides is 1. The molecule has 2 aromatic carbocycles. The highest BCUT2D eigenvalue weighted by molar-refractivity contribution is 6.35. The van der Waals surface area contributed by atoms with Crippen LogP contribution in [0.15, 0.2) is 48.5 Å². The van der Waals surface area contributed by atoms with Gasteiger partial charge in [0.05, 0.1) is 17.9 Å². The molecule has 6 nitrogen and oxygen atoms in total. The van der Waals surface area contributed by atoms with E-state index in [9.17, 15) is 4.79 Å². The van der Waals surface area contributed by atoms with E-state index in [1.54, 1.807) is 0 Å². The van der Waals surface area contributed by atoms with Crippen molar-refractivity contribution in [2.24, 2.45) is 0 Å². The second-order valence-electron chi connectivity index (χ2n) is 7.50. The molecule has 153 valence electrons. The van der Waals surface area contributed by atoms with Gasteiger partial charge in [-0.1, -0.05) is 67.2 Å². The molecule has 1 N–H and O–H groups in total. The van der Waals surface area contributed by atoms with Gasteiger partial charge in [-0.05, 0) is 18.7 Å². The summed E-state index contributed by atoms with van der Waals surface area (Å²) < 4.78 is 2.01. The third-order valence-electron chi connectivity index (χ3n) is 5.51. The molecule has 0 saturated carbocycles. The number of aromatic nitrogens is 3. The van der Waals surface area contributed by atoms with Crippen molar-refractivity contribution in [1.82, 2.24) is 20.3 Å². The first-order chi connectivity index (χ1) is 14.7. The first-order valence-electron chi connectivity index (χ1n) is 10.6. The van der Waals surface area contributed by atoms with Crippen LogP contribution in [0, 0.1) is 0 Å². The number of para-hydroxylation sites is 1. The van der Waals surface area contributed by atoms with Crippen LogP contribution in [-0.4, -0.2) is 41.8 Å². The van der Waals surface area contributed by atoms with Crippen molar-refractivity contribution in [2.75, 3.05) is 18.5 Å². The molecule has 1 radical (unpaired) electrons. The van der Waals surface area contributed by atoms with Gasteiger partial charge in [-0.25, -0.2) is 4.68 Å². The molecule has 0 spiro atoms. The summed E-state index contributed by atoms with van der Waals surface area (Å²) in [6.07, 6.45) is 2.43. The van der Waals surface area contributed by atoms with E-state index >= 15 is 0 Å². The average molecular weight is 400 g/mol. The lowest BCUT2D eigenvalue weighted by Crippen LogP contribution is -2.33. The number of rotatable bonds is 7. The Labute approximate surface area is 178 Å². The van der Waals surface area contributed by atoms with E-state index in [0.717, 1.165) is 53.0 Å². The predicted molar refractivity (Wildman–Crippen MR) is 122 cm³/mol. The van der Waals surface area contributed by atoms with Crippen LogP contribution in [0.4, 0.5) is 5.69 Å². The quantitative estimate of drug-likeness (QED) is 0.486. The molecule has 1 aliphatic heterocycles. The number of fused-ring (bicyclic) bond motifs is 5. The Morgan fingerprint density at radius 3 is 2.70 bits per heavy atom. The lowest BCUT2D eigenvalue weighted by molar-refractivity contribution is -0.118. The predicted octanol–water partition coefficient (Wildman–Crippen LogP) is 3.63. The maximum Gasteiger partial charge on any atom is 0.228 e. The number of nitrogens with zero attached hydrogens (tertiary/aromatic N) is 4. The van der Waals surface area contributed by atoms with Crippen LogP contribution in [0.3, 0.4) is 0 Å². The zero-order valence-electron chi connectivity index (χ0n) is 17.6. The van der Waals surface area contributed by atoms with Crippen molar-refractivity contribution >= 4 is 18.9 Å². The number of anilines is 1. The third-order valence-corrected chi connectivity index (χ3v) is 5.51. The number of carbonyl (C=O) groups excluding carboxylic acids is 1. The standard InChI is InChI=1S/C23H27BN5O/c1-3-24-13-15-29-23-18-9-5-4-8-17(18)16-28(21(30)12-14-25-2)20-11-7-6-10-19(20)22(23)26-27-29/h4-11,25H,3,12-16H2,1-2H3. The summed E-state index contributed by atoms with van der Waals surface area (Å²) in [6.45, 7) is 4.12. The molecule has 1 aromatic heterocycles. The molecule has 7 heteroatoms. The molecule has 0 fully saturated rings. The molecule has 0 bridgehead atoms. The van der Waals surface area contributed by atoms with Crippen LogP contribution in [0.5, 0.6) is 0 Å². The fourth-order valence-electron chi connectivity index (χ4n) is 3.98. The summed E-state index contributed by atoms with van der Waals surface area (Å²) in [5.41, 5.74) is 5.90. The molecule has 0 aliphatic carbocycles. The smallest absolute Gasteiger partial charge is 0.228 e. The van der Waals surface area contributed by atoms with Crippen LogP contribution in [0.2, 0.25) is 12.6 Å². The van der Waals surface area contributed by atoms with Gasteiger partial charge in [-0.2, -0.15) is 0 Å². The topological polar surface area (TPSA) is 63.1 Å². The SMILES string of the molecule is CC[B]CCn1nnc2c1-c1ccccc1CN(C(=O)CCNC)c1ccccc1-2. The van der Waals surface area contributed by atoms with Crippen LogP contribution in [0.25, 0.3) is 22.5 Å². The van der Waals surface area contributed by atoms with Crippen LogP contribution in [-0.2, 0) is 17.9 Å². The Kier molecular flexibility index (Phi) is 6.28. The van der Waals surface area contributed by atoms with Gasteiger partial charge in [-0.15, -0.1) is 5.10 Å². The molecule has 4 rings (SSSR count). The van der Waals surface area contributed by atoms with Crippen molar-refractivity contribution in [3.63, 3.8) is 0 Å². The number of carbonyl (C=O) groups is 1. The molecule has 3 aromatic rings. The zero-order chi connectivity index (χ0) is 20.9. The highest BCUT2D eigenvalue weighted by atomic mass is 16.2. The van der Waals surface area contributed by atoms with Crippen molar-refractivity contribution in [1.29, 1.82) is 0 Å². The number of nitrogens with one attached hydrogen (secondary N) is 1. The molecule has 0 unspecified atom stereocenters. The van der Waals surface area contributed by atoms with Crippen molar-refractivity contribution in [3.8, 4) is 22.5 Å². The summed E-state index contributed by atoms with van der Waals surface area (Å²) in [5.74, 6) is 0.0972. The Hall–Kier alpha value is -2.93. The van der Waals surface area contributed by atoms with E-state index < -0.39 is 0 Å². The van der Waals surface area contributed by atoms with Gasteiger partial charge in [0.2, 0.25) is 5.91 Å². The second-order valence-corrected chi connectivity index (χ2v) is 7.50. The number of hydrogen-bond donors (Lipinski definition) is 1. The molecule has 2 heterocycles. The maximum atomic E-state index is 13.1. The van der Waals surface area contributed by atoms with Gasteiger partial charge in [0.25, 0.3) is 0 Å². The molecule has 0 atom stereocenters. The number of benzene rings is 2. The molecular weight excluding hydrogens is 373 g/mol. The van der Waals surface area contributed by atoms with Gasteiger partial charge in [0.15, 0.2) is 0 Å². The number of aryl methyl sites for hydroxylation is 1. The minimum Gasteiger partial charge on any atom is -0.319 e. The summed E-state index contributed by atoms with van der Waals surface area (Å²) in [5, 5.41) is 12.2. The summed E-state index contributed by atoms with van der Waals surface area (Å²) in [4.78, 5) is 15.0. The van der Waals surface area contributed by atoms with E-state index in [-0.39, 0.29) is 5.91 Å². The summed E-state index contributed by atoms with van der Waals surface area (Å²) in [7, 11) is 4.13. The first-order valence-corrected chi connectivity index (χ1v) is 10.6. The largest absolute Gasteiger partial charge is 0.319 e. The van der Waals surface area contributed by atoms with E-state index in [1.165, 1.54) is 0 Å². The van der Waals surface area contributed by atoms with Crippen LogP contribution >= 0.6 is 0 Å². The fraction of sp³-hybridized carbons (Fsp3) is 0.348. The summed E-state index contributed by atoms with van der Waals surface area (Å²) in [6, 6.07) is 16.3. The lowest BCUT2D eigenvalue weighted by atomic mass is 9.72. The monoisotopic (exact) mass is 400 g/mol. The maximum absolute atomic E-state index is 13.1. The van der Waals surface area contributed by atoms with E-state index in [1.807, 2.05) is 53.0 Å². The van der Waals surface area contributed by atoms with E-state index in [2.05, 4.69) is 42.0 Å². The minimum atomic E-state index is 0.0972. The zero-order valence-corrected chi connectivity index (χ0v) is 17.6. The second kappa shape index (κ2) is 9.26. The van der Waals surface area contributed by atoms with E-state index in [4.69, 9.17) is 0 Å². The fourth-order valence-corrected chi connectivity index (χ4v) is 3.98. The molecule has 30 heavy (non-hydrogen) atoms. The van der Waals surface area contributed by atoms with Crippen molar-refractivity contribution in [3.05, 3.63) is 54.1 Å². The Morgan fingerprint density at radius 2 is 1.90 bits per heavy atom. The summed E-state index contributed by atoms with van der Waals surface area (Å²) >= 11 is 0. The van der Waals surface area contributed by atoms with Gasteiger partial charge >= 0.3 is 0 Å². The highest BCUT2D eigenvalue weighted by Crippen LogP contribution is 2.41. The molecular formula is C23H27BN5O. The van der Waals surface area contributed by atoms with Crippen LogP contribution in [0.1, 0.15) is 18.9 Å². The Bertz CT molecular complexity index is 1030. The average Bonchev–Trinajstić information content (AvgIpc) is 3.18. The van der Waals surface area contributed by atoms with Gasteiger partial charge < -0.3 is 10.2 Å². The first kappa shape index (κ1) is 20.4. The van der Waals surface area contributed by atoms with Crippen molar-refractivity contribution in [2.45, 2.75) is 39.1 Å². The van der Waals surface area contributed by atoms with Gasteiger partial charge in [0, 0.05) is 30.6 Å². The van der Waals surface area contributed by atoms with E-state index in [0.29, 0.717) is 19.5 Å². The normalized spacial score (nSPS) is 12.4. The molecule has 0 saturated heterocycles. The van der Waals surface area contributed by atoms with Gasteiger partial charge in [0.1, 0.15) is 13.0 Å². The van der Waals surface area contributed by atoms with Crippen LogP contribution < -0.4 is 10.2 Å². The Balaban J connectivity index is 1.87. The Morgan fingerprint density at radius 1 is 1.13 bits per heavy atom. The van der Waals surface area contributed by atoms with Gasteiger partial charge in [-0.3, -0.25) is 4.79 Å². The minimum absolute atomic E-state index is 0.0972. The third kappa shape index (κ3) is 3.90. The molecule has 1 amide bonds. The van der Waals surface area contributed by atoms with Crippen molar-refractivity contribution < 1.29 is 4.79 Å². The number of hydrogen-bond acceptors (Lipinski definition) is 4. The molecule has 1 aliphatic rings. The lowest BCUT2D eigenvalue weighted by Gasteiger charge is -2.28. The highest BCUT2D eigenvalue weighted by Gasteiger charge is 2.28.